The Hall–Kier alpha value is -0.610. The number of nitrogens with one attached hydrogen (secondary N) is 1. The number of hydrogen-bond acceptors (Lipinski definition) is 3. The van der Waals surface area contributed by atoms with Gasteiger partial charge in [-0.15, -0.1) is 0 Å². The normalized spacial score (nSPS) is 22.9. The number of rotatable bonds is 7. The summed E-state index contributed by atoms with van der Waals surface area (Å²) in [5.41, 5.74) is 0. The highest BCUT2D eigenvalue weighted by Gasteiger charge is 2.31. The fourth-order valence-corrected chi connectivity index (χ4v) is 2.39. The van der Waals surface area contributed by atoms with Crippen molar-refractivity contribution >= 4 is 5.91 Å². The summed E-state index contributed by atoms with van der Waals surface area (Å²) in [4.78, 5) is 14.3. The summed E-state index contributed by atoms with van der Waals surface area (Å²) >= 11 is 0. The summed E-state index contributed by atoms with van der Waals surface area (Å²) in [6, 6.07) is 0.258. The van der Waals surface area contributed by atoms with Crippen LogP contribution in [0.2, 0.25) is 0 Å². The van der Waals surface area contributed by atoms with Crippen molar-refractivity contribution in [3.05, 3.63) is 0 Å². The molecule has 100 valence electrons. The number of carbonyl (C=O) groups is 1. The minimum absolute atomic E-state index is 0.0228. The molecule has 4 nitrogen and oxygen atoms in total. The van der Waals surface area contributed by atoms with Gasteiger partial charge in [0.2, 0.25) is 5.91 Å². The van der Waals surface area contributed by atoms with E-state index in [4.69, 9.17) is 4.74 Å². The van der Waals surface area contributed by atoms with Crippen LogP contribution in [0.4, 0.5) is 0 Å². The Morgan fingerprint density at radius 3 is 2.88 bits per heavy atom. The van der Waals surface area contributed by atoms with E-state index >= 15 is 0 Å². The molecule has 0 radical (unpaired) electrons. The van der Waals surface area contributed by atoms with E-state index in [1.807, 2.05) is 4.90 Å². The Morgan fingerprint density at radius 2 is 2.29 bits per heavy atom. The molecule has 4 heteroatoms. The van der Waals surface area contributed by atoms with Crippen LogP contribution in [-0.4, -0.2) is 49.7 Å². The molecule has 0 bridgehead atoms. The fraction of sp³-hybridized carbons (Fsp3) is 0.923. The molecule has 2 atom stereocenters. The molecule has 1 N–H and O–H groups in total. The van der Waals surface area contributed by atoms with E-state index in [2.05, 4.69) is 19.2 Å². The van der Waals surface area contributed by atoms with Crippen molar-refractivity contribution in [2.45, 2.75) is 51.6 Å². The van der Waals surface area contributed by atoms with Crippen molar-refractivity contribution in [2.24, 2.45) is 0 Å². The Kier molecular flexibility index (Phi) is 6.52. The highest BCUT2D eigenvalue weighted by Crippen LogP contribution is 2.16. The van der Waals surface area contributed by atoms with Crippen LogP contribution >= 0.6 is 0 Å². The van der Waals surface area contributed by atoms with Crippen LogP contribution in [0.5, 0.6) is 0 Å². The summed E-state index contributed by atoms with van der Waals surface area (Å²) < 4.78 is 5.20. The predicted octanol–water partition coefficient (Wildman–Crippen LogP) is 1.40. The molecule has 2 unspecified atom stereocenters. The number of methoxy groups -OCH3 is 1. The number of hydrogen-bond donors (Lipinski definition) is 1. The molecule has 0 aromatic rings. The highest BCUT2D eigenvalue weighted by molar-refractivity contribution is 5.82. The molecule has 0 saturated carbocycles. The molecule has 1 rings (SSSR count). The van der Waals surface area contributed by atoms with Gasteiger partial charge in [-0.25, -0.2) is 0 Å². The molecule has 1 aliphatic heterocycles. The van der Waals surface area contributed by atoms with Gasteiger partial charge in [0.05, 0.1) is 18.7 Å². The molecule has 0 aromatic carbocycles. The Morgan fingerprint density at radius 1 is 1.53 bits per heavy atom. The van der Waals surface area contributed by atoms with E-state index in [0.29, 0.717) is 6.61 Å². The smallest absolute Gasteiger partial charge is 0.240 e. The van der Waals surface area contributed by atoms with E-state index in [-0.39, 0.29) is 18.0 Å². The Balaban J connectivity index is 2.56. The van der Waals surface area contributed by atoms with Gasteiger partial charge in [0.15, 0.2) is 0 Å². The summed E-state index contributed by atoms with van der Waals surface area (Å²) in [5.74, 6) is 0.258. The Bertz CT molecular complexity index is 233. The van der Waals surface area contributed by atoms with E-state index < -0.39 is 0 Å². The van der Waals surface area contributed by atoms with Crippen LogP contribution < -0.4 is 5.32 Å². The van der Waals surface area contributed by atoms with Crippen LogP contribution in [-0.2, 0) is 9.53 Å². The van der Waals surface area contributed by atoms with Gasteiger partial charge >= 0.3 is 0 Å². The maximum absolute atomic E-state index is 12.3. The average molecular weight is 242 g/mol. The van der Waals surface area contributed by atoms with Crippen molar-refractivity contribution in [3.63, 3.8) is 0 Å². The van der Waals surface area contributed by atoms with Gasteiger partial charge in [0.1, 0.15) is 0 Å². The van der Waals surface area contributed by atoms with Gasteiger partial charge in [0.25, 0.3) is 0 Å². The zero-order valence-electron chi connectivity index (χ0n) is 11.4. The second kappa shape index (κ2) is 7.67. The van der Waals surface area contributed by atoms with Crippen LogP contribution in [0, 0.1) is 0 Å². The lowest BCUT2D eigenvalue weighted by atomic mass is 10.0. The lowest BCUT2D eigenvalue weighted by molar-refractivity contribution is -0.139. The van der Waals surface area contributed by atoms with Crippen LogP contribution in [0.1, 0.15) is 39.5 Å². The van der Waals surface area contributed by atoms with E-state index in [0.717, 1.165) is 38.8 Å². The maximum atomic E-state index is 12.3. The number of carbonyl (C=O) groups excluding carboxylic acids is 1. The minimum Gasteiger partial charge on any atom is -0.383 e. The van der Waals surface area contributed by atoms with E-state index in [9.17, 15) is 4.79 Å². The predicted molar refractivity (Wildman–Crippen MR) is 69.0 cm³/mol. The molecule has 17 heavy (non-hydrogen) atoms. The topological polar surface area (TPSA) is 41.6 Å². The molecular weight excluding hydrogens is 216 g/mol. The third kappa shape index (κ3) is 3.96. The number of nitrogens with zero attached hydrogens (tertiary/aromatic N) is 1. The quantitative estimate of drug-likeness (QED) is 0.734. The summed E-state index contributed by atoms with van der Waals surface area (Å²) in [6.07, 6.45) is 4.09. The SMILES string of the molecule is CCCNC1CCCN(C(CC)COC)C1=O. The largest absolute Gasteiger partial charge is 0.383 e. The molecule has 1 saturated heterocycles. The Labute approximate surface area is 105 Å². The average Bonchev–Trinajstić information content (AvgIpc) is 2.35. The van der Waals surface area contributed by atoms with E-state index in [1.54, 1.807) is 7.11 Å². The molecular formula is C13H26N2O2. The first kappa shape index (κ1) is 14.5. The van der Waals surface area contributed by atoms with Crippen LogP contribution in [0.15, 0.2) is 0 Å². The number of ether oxygens (including phenoxy) is 1. The summed E-state index contributed by atoms with van der Waals surface area (Å²) in [7, 11) is 1.70. The zero-order valence-corrected chi connectivity index (χ0v) is 11.4. The molecule has 1 heterocycles. The maximum Gasteiger partial charge on any atom is 0.240 e. The van der Waals surface area contributed by atoms with Crippen LogP contribution in [0.3, 0.4) is 0 Å². The third-order valence-corrected chi connectivity index (χ3v) is 3.38. The number of piperidine rings is 1. The van der Waals surface area contributed by atoms with Crippen molar-refractivity contribution in [3.8, 4) is 0 Å². The monoisotopic (exact) mass is 242 g/mol. The van der Waals surface area contributed by atoms with Gasteiger partial charge in [-0.05, 0) is 32.2 Å². The molecule has 1 amide bonds. The summed E-state index contributed by atoms with van der Waals surface area (Å²) in [6.45, 7) is 6.68. The molecule has 0 aromatic heterocycles. The van der Waals surface area contributed by atoms with Crippen LogP contribution in [0.25, 0.3) is 0 Å². The molecule has 1 fully saturated rings. The van der Waals surface area contributed by atoms with Gasteiger partial charge in [-0.3, -0.25) is 4.79 Å². The molecule has 0 aliphatic carbocycles. The van der Waals surface area contributed by atoms with E-state index in [1.165, 1.54) is 0 Å². The van der Waals surface area contributed by atoms with Crippen molar-refractivity contribution in [1.82, 2.24) is 10.2 Å². The fourth-order valence-electron chi connectivity index (χ4n) is 2.39. The number of likely N-dealkylation sites (tertiary alicyclic amines) is 1. The van der Waals surface area contributed by atoms with Gasteiger partial charge in [0, 0.05) is 13.7 Å². The molecule has 0 spiro atoms. The molecule has 1 aliphatic rings. The van der Waals surface area contributed by atoms with Gasteiger partial charge in [-0.1, -0.05) is 13.8 Å². The lowest BCUT2D eigenvalue weighted by Gasteiger charge is -2.37. The first-order chi connectivity index (χ1) is 8.24. The van der Waals surface area contributed by atoms with Gasteiger partial charge in [-0.2, -0.15) is 0 Å². The standard InChI is InChI=1S/C13H26N2O2/c1-4-8-14-12-7-6-9-15(13(12)16)11(5-2)10-17-3/h11-12,14H,4-10H2,1-3H3. The van der Waals surface area contributed by atoms with Crippen molar-refractivity contribution in [1.29, 1.82) is 0 Å². The first-order valence-corrected chi connectivity index (χ1v) is 6.77. The highest BCUT2D eigenvalue weighted by atomic mass is 16.5. The second-order valence-electron chi connectivity index (χ2n) is 4.70. The minimum atomic E-state index is 0.0228. The second-order valence-corrected chi connectivity index (χ2v) is 4.70. The van der Waals surface area contributed by atoms with Crippen molar-refractivity contribution in [2.75, 3.05) is 26.8 Å². The zero-order chi connectivity index (χ0) is 12.7. The number of amides is 1. The first-order valence-electron chi connectivity index (χ1n) is 6.77. The van der Waals surface area contributed by atoms with Crippen molar-refractivity contribution < 1.29 is 9.53 Å². The lowest BCUT2D eigenvalue weighted by Crippen LogP contribution is -2.55. The summed E-state index contributed by atoms with van der Waals surface area (Å²) in [5, 5.41) is 3.34. The van der Waals surface area contributed by atoms with Gasteiger partial charge < -0.3 is 15.0 Å². The third-order valence-electron chi connectivity index (χ3n) is 3.38.